The highest BCUT2D eigenvalue weighted by atomic mass is 16.5. The first-order valence-corrected chi connectivity index (χ1v) is 8.33. The Morgan fingerprint density at radius 1 is 1.16 bits per heavy atom. The Balaban J connectivity index is 1.70. The number of nitrogens with zero attached hydrogens (tertiary/aromatic N) is 1. The highest BCUT2D eigenvalue weighted by Crippen LogP contribution is 2.42. The van der Waals surface area contributed by atoms with Crippen molar-refractivity contribution in [3.63, 3.8) is 0 Å². The van der Waals surface area contributed by atoms with Crippen molar-refractivity contribution in [2.45, 2.75) is 19.0 Å². The number of ether oxygens (including phenoxy) is 1. The number of carbonyl (C=O) groups excluding carboxylic acids is 2. The van der Waals surface area contributed by atoms with Gasteiger partial charge in [-0.1, -0.05) is 24.3 Å². The van der Waals surface area contributed by atoms with Crippen LogP contribution in [0.2, 0.25) is 0 Å². The normalized spacial score (nSPS) is 20.7. The standard InChI is InChI=1S/C20H18N2O3/c1-2-25-20(24)13-7-9-14(10-8-13)22-18(23)12-11-17-19(22)15-5-3-4-6-16(15)21-17/h3-12,17,19,21H,2H2,1H3. The molecule has 25 heavy (non-hydrogen) atoms. The summed E-state index contributed by atoms with van der Waals surface area (Å²) >= 11 is 0. The van der Waals surface area contributed by atoms with Gasteiger partial charge in [0, 0.05) is 23.0 Å². The largest absolute Gasteiger partial charge is 0.462 e. The van der Waals surface area contributed by atoms with Crippen molar-refractivity contribution < 1.29 is 14.3 Å². The average molecular weight is 334 g/mol. The number of rotatable bonds is 3. The summed E-state index contributed by atoms with van der Waals surface area (Å²) < 4.78 is 5.01. The predicted octanol–water partition coefficient (Wildman–Crippen LogP) is 3.30. The van der Waals surface area contributed by atoms with Crippen LogP contribution in [-0.2, 0) is 9.53 Å². The minimum absolute atomic E-state index is 0.0415. The Morgan fingerprint density at radius 3 is 2.68 bits per heavy atom. The van der Waals surface area contributed by atoms with Gasteiger partial charge in [-0.3, -0.25) is 9.69 Å². The van der Waals surface area contributed by atoms with E-state index in [-0.39, 0.29) is 24.0 Å². The van der Waals surface area contributed by atoms with E-state index in [1.54, 1.807) is 42.2 Å². The molecule has 5 nitrogen and oxygen atoms in total. The maximum Gasteiger partial charge on any atom is 0.338 e. The van der Waals surface area contributed by atoms with Crippen molar-refractivity contribution in [2.75, 3.05) is 16.8 Å². The number of benzene rings is 2. The first kappa shape index (κ1) is 15.4. The lowest BCUT2D eigenvalue weighted by Gasteiger charge is -2.34. The molecule has 0 fully saturated rings. The Kier molecular flexibility index (Phi) is 3.76. The second-order valence-electron chi connectivity index (χ2n) is 6.04. The zero-order valence-electron chi connectivity index (χ0n) is 13.8. The molecule has 0 aromatic heterocycles. The average Bonchev–Trinajstić information content (AvgIpc) is 3.01. The van der Waals surface area contributed by atoms with Gasteiger partial charge in [-0.05, 0) is 37.3 Å². The molecule has 0 aliphatic carbocycles. The Hall–Kier alpha value is -3.08. The maximum absolute atomic E-state index is 12.6. The van der Waals surface area contributed by atoms with Gasteiger partial charge < -0.3 is 10.1 Å². The molecule has 2 aromatic carbocycles. The monoisotopic (exact) mass is 334 g/mol. The minimum atomic E-state index is -0.357. The van der Waals surface area contributed by atoms with Gasteiger partial charge in [-0.15, -0.1) is 0 Å². The quantitative estimate of drug-likeness (QED) is 0.875. The Morgan fingerprint density at radius 2 is 1.92 bits per heavy atom. The topological polar surface area (TPSA) is 58.6 Å². The van der Waals surface area contributed by atoms with Gasteiger partial charge >= 0.3 is 5.97 Å². The summed E-state index contributed by atoms with van der Waals surface area (Å²) in [6.45, 7) is 2.11. The van der Waals surface area contributed by atoms with Crippen LogP contribution in [0.4, 0.5) is 11.4 Å². The molecule has 4 rings (SSSR count). The summed E-state index contributed by atoms with van der Waals surface area (Å²) in [6, 6.07) is 14.9. The van der Waals surface area contributed by atoms with Crippen molar-refractivity contribution in [1.82, 2.24) is 0 Å². The van der Waals surface area contributed by atoms with Crippen LogP contribution in [0.25, 0.3) is 0 Å². The van der Waals surface area contributed by atoms with Gasteiger partial charge in [0.1, 0.15) is 0 Å². The van der Waals surface area contributed by atoms with E-state index in [4.69, 9.17) is 4.74 Å². The Bertz CT molecular complexity index is 857. The summed E-state index contributed by atoms with van der Waals surface area (Å²) in [5.41, 5.74) is 3.38. The number of nitrogens with one attached hydrogen (secondary N) is 1. The van der Waals surface area contributed by atoms with Crippen LogP contribution in [-0.4, -0.2) is 24.5 Å². The van der Waals surface area contributed by atoms with Gasteiger partial charge in [0.15, 0.2) is 0 Å². The van der Waals surface area contributed by atoms with Gasteiger partial charge in [-0.2, -0.15) is 0 Å². The van der Waals surface area contributed by atoms with Crippen LogP contribution in [0, 0.1) is 0 Å². The van der Waals surface area contributed by atoms with E-state index < -0.39 is 0 Å². The van der Waals surface area contributed by atoms with Gasteiger partial charge in [-0.25, -0.2) is 4.79 Å². The molecule has 5 heteroatoms. The summed E-state index contributed by atoms with van der Waals surface area (Å²) in [7, 11) is 0. The molecular weight excluding hydrogens is 316 g/mol. The molecule has 0 radical (unpaired) electrons. The number of hydrogen-bond acceptors (Lipinski definition) is 4. The highest BCUT2D eigenvalue weighted by Gasteiger charge is 2.40. The number of carbonyl (C=O) groups is 2. The number of para-hydroxylation sites is 1. The van der Waals surface area contributed by atoms with E-state index >= 15 is 0 Å². The van der Waals surface area contributed by atoms with Crippen LogP contribution >= 0.6 is 0 Å². The first-order valence-electron chi connectivity index (χ1n) is 8.33. The van der Waals surface area contributed by atoms with E-state index in [0.29, 0.717) is 12.2 Å². The summed E-state index contributed by atoms with van der Waals surface area (Å²) in [4.78, 5) is 26.2. The molecular formula is C20H18N2O3. The smallest absolute Gasteiger partial charge is 0.338 e. The molecule has 2 unspecified atom stereocenters. The summed E-state index contributed by atoms with van der Waals surface area (Å²) in [5.74, 6) is -0.423. The molecule has 126 valence electrons. The molecule has 1 amide bonds. The molecule has 2 aliphatic rings. The number of anilines is 2. The lowest BCUT2D eigenvalue weighted by Crippen LogP contribution is -2.42. The number of fused-ring (bicyclic) bond motifs is 3. The summed E-state index contributed by atoms with van der Waals surface area (Å²) in [5, 5.41) is 3.45. The van der Waals surface area contributed by atoms with E-state index in [1.165, 1.54) is 0 Å². The third-order valence-electron chi connectivity index (χ3n) is 4.56. The zero-order chi connectivity index (χ0) is 17.4. The molecule has 2 aromatic rings. The predicted molar refractivity (Wildman–Crippen MR) is 95.6 cm³/mol. The van der Waals surface area contributed by atoms with Crippen LogP contribution in [0.3, 0.4) is 0 Å². The first-order chi connectivity index (χ1) is 12.2. The number of esters is 1. The highest BCUT2D eigenvalue weighted by molar-refractivity contribution is 6.04. The fourth-order valence-corrected chi connectivity index (χ4v) is 3.46. The second kappa shape index (κ2) is 6.09. The van der Waals surface area contributed by atoms with Crippen LogP contribution in [0.1, 0.15) is 28.9 Å². The Labute approximate surface area is 145 Å². The molecule has 2 aliphatic heterocycles. The summed E-state index contributed by atoms with van der Waals surface area (Å²) in [6.07, 6.45) is 3.51. The molecule has 0 saturated carbocycles. The molecule has 0 bridgehead atoms. The fourth-order valence-electron chi connectivity index (χ4n) is 3.46. The molecule has 0 saturated heterocycles. The number of amides is 1. The fraction of sp³-hybridized carbons (Fsp3) is 0.200. The SMILES string of the molecule is CCOC(=O)c1ccc(N2C(=O)C=CC3Nc4ccccc4C32)cc1. The second-order valence-corrected chi connectivity index (χ2v) is 6.04. The van der Waals surface area contributed by atoms with E-state index in [1.807, 2.05) is 30.3 Å². The molecule has 2 atom stereocenters. The third-order valence-corrected chi connectivity index (χ3v) is 4.56. The lowest BCUT2D eigenvalue weighted by molar-refractivity contribution is -0.115. The van der Waals surface area contributed by atoms with Crippen molar-refractivity contribution in [1.29, 1.82) is 0 Å². The maximum atomic E-state index is 12.6. The van der Waals surface area contributed by atoms with E-state index in [0.717, 1.165) is 16.9 Å². The van der Waals surface area contributed by atoms with Crippen molar-refractivity contribution >= 4 is 23.3 Å². The van der Waals surface area contributed by atoms with Crippen LogP contribution in [0.5, 0.6) is 0 Å². The van der Waals surface area contributed by atoms with Gasteiger partial charge in [0.05, 0.1) is 24.3 Å². The van der Waals surface area contributed by atoms with Crippen molar-refractivity contribution in [3.8, 4) is 0 Å². The minimum Gasteiger partial charge on any atom is -0.462 e. The zero-order valence-corrected chi connectivity index (χ0v) is 13.8. The molecule has 0 spiro atoms. The van der Waals surface area contributed by atoms with Crippen LogP contribution < -0.4 is 10.2 Å². The molecule has 1 N–H and O–H groups in total. The van der Waals surface area contributed by atoms with Gasteiger partial charge in [0.2, 0.25) is 0 Å². The van der Waals surface area contributed by atoms with Crippen LogP contribution in [0.15, 0.2) is 60.7 Å². The van der Waals surface area contributed by atoms with E-state index in [9.17, 15) is 9.59 Å². The van der Waals surface area contributed by atoms with Crippen molar-refractivity contribution in [3.05, 3.63) is 71.8 Å². The lowest BCUT2D eigenvalue weighted by atomic mass is 9.97. The van der Waals surface area contributed by atoms with Crippen molar-refractivity contribution in [2.24, 2.45) is 0 Å². The molecule has 2 heterocycles. The van der Waals surface area contributed by atoms with E-state index in [2.05, 4.69) is 5.32 Å². The third kappa shape index (κ3) is 2.58. The number of hydrogen-bond donors (Lipinski definition) is 1. The van der Waals surface area contributed by atoms with Gasteiger partial charge in [0.25, 0.3) is 5.91 Å².